The molecule has 0 unspecified atom stereocenters. The predicted octanol–water partition coefficient (Wildman–Crippen LogP) is 1.60. The molecular weight excluding hydrogens is 258 g/mol. The monoisotopic (exact) mass is 269 g/mol. The van der Waals surface area contributed by atoms with Crippen molar-refractivity contribution in [1.82, 2.24) is 0 Å². The van der Waals surface area contributed by atoms with E-state index in [0.29, 0.717) is 0 Å². The molecule has 1 aliphatic heterocycles. The van der Waals surface area contributed by atoms with Crippen LogP contribution in [0.4, 0.5) is 0 Å². The summed E-state index contributed by atoms with van der Waals surface area (Å²) in [5.74, 6) is 0. The van der Waals surface area contributed by atoms with Crippen LogP contribution in [0.25, 0.3) is 5.32 Å². The van der Waals surface area contributed by atoms with Gasteiger partial charge in [-0.3, -0.25) is 0 Å². The van der Waals surface area contributed by atoms with Crippen molar-refractivity contribution in [3.8, 4) is 0 Å². The average molecular weight is 269 g/mol. The molecule has 0 aliphatic carbocycles. The molecule has 7 heavy (non-hydrogen) atoms. The second kappa shape index (κ2) is 6.65. The summed E-state index contributed by atoms with van der Waals surface area (Å²) in [6.07, 6.45) is 2.67. The fraction of sp³-hybridized carbons (Fsp3) is 0.800. The molecule has 1 rings (SSSR count). The van der Waals surface area contributed by atoms with E-state index < -0.39 is 0 Å². The molecule has 42 valence electrons. The van der Waals surface area contributed by atoms with E-state index in [1.807, 2.05) is 0 Å². The summed E-state index contributed by atoms with van der Waals surface area (Å²) in [5, 5.41) is 4.08. The van der Waals surface area contributed by atoms with Crippen molar-refractivity contribution in [2.45, 2.75) is 12.8 Å². The fourth-order valence-corrected chi connectivity index (χ4v) is 0.559. The first-order valence-corrected chi connectivity index (χ1v) is 2.13. The molecule has 0 saturated carbocycles. The zero-order chi connectivity index (χ0) is 3.54. The molecule has 2 heteroatoms. The van der Waals surface area contributed by atoms with Gasteiger partial charge in [-0.05, 0) is 0 Å². The topological polar surface area (TPSA) is 14.1 Å². The zero-order valence-corrected chi connectivity index (χ0v) is 7.62. The van der Waals surface area contributed by atoms with Crippen LogP contribution in [-0.4, -0.2) is 13.1 Å². The van der Waals surface area contributed by atoms with Gasteiger partial charge in [-0.25, -0.2) is 0 Å². The molecule has 0 aromatic heterocycles. The molecule has 1 aliphatic rings. The molecule has 1 nitrogen and oxygen atoms in total. The van der Waals surface area contributed by atoms with Crippen LogP contribution >= 0.6 is 0 Å². The minimum Gasteiger partial charge on any atom is -0.662 e. The van der Waals surface area contributed by atoms with Crippen molar-refractivity contribution in [3.63, 3.8) is 0 Å². The van der Waals surface area contributed by atoms with Crippen LogP contribution in [0.2, 0.25) is 0 Å². The summed E-state index contributed by atoms with van der Waals surface area (Å²) in [6, 6.07) is 0. The van der Waals surface area contributed by atoms with Crippen LogP contribution in [0.15, 0.2) is 0 Å². The molecular formula is C5H11NW. The standard InChI is InChI=1S/C4H8N.CH3.W/c1-2-4-5-3-1;;/h1-4H2;1H3;/q2*-1;+2. The van der Waals surface area contributed by atoms with Gasteiger partial charge in [-0.2, -0.15) is 0 Å². The van der Waals surface area contributed by atoms with Crippen LogP contribution in [0.3, 0.4) is 0 Å². The quantitative estimate of drug-likeness (QED) is 0.593. The molecule has 1 fully saturated rings. The number of nitrogens with zero attached hydrogens (tertiary/aromatic N) is 1. The average Bonchev–Trinajstić information content (AvgIpc) is 1.76. The van der Waals surface area contributed by atoms with E-state index in [1.165, 1.54) is 12.8 Å². The Labute approximate surface area is 60.1 Å². The molecule has 0 aromatic rings. The van der Waals surface area contributed by atoms with Gasteiger partial charge in [-0.15, -0.1) is 13.1 Å². The molecule has 1 heterocycles. The first-order valence-electron chi connectivity index (χ1n) is 2.13. The first kappa shape index (κ1) is 10.6. The second-order valence-electron chi connectivity index (χ2n) is 1.38. The Morgan fingerprint density at radius 3 is 1.57 bits per heavy atom. The van der Waals surface area contributed by atoms with Gasteiger partial charge in [0.25, 0.3) is 0 Å². The Morgan fingerprint density at radius 1 is 1.00 bits per heavy atom. The zero-order valence-electron chi connectivity index (χ0n) is 4.68. The van der Waals surface area contributed by atoms with Crippen molar-refractivity contribution in [2.24, 2.45) is 0 Å². The smallest absolute Gasteiger partial charge is 0.662 e. The van der Waals surface area contributed by atoms with Gasteiger partial charge in [-0.1, -0.05) is 12.8 Å². The maximum Gasteiger partial charge on any atom is 2.00 e. The maximum absolute atomic E-state index is 4.08. The number of hydrogen-bond acceptors (Lipinski definition) is 0. The van der Waals surface area contributed by atoms with Gasteiger partial charge in [0.1, 0.15) is 0 Å². The predicted molar refractivity (Wildman–Crippen MR) is 28.7 cm³/mol. The summed E-state index contributed by atoms with van der Waals surface area (Å²) < 4.78 is 0. The van der Waals surface area contributed by atoms with Crippen molar-refractivity contribution >= 4 is 0 Å². The molecule has 0 atom stereocenters. The van der Waals surface area contributed by atoms with Crippen molar-refractivity contribution in [2.75, 3.05) is 13.1 Å². The molecule has 1 saturated heterocycles. The third-order valence-electron chi connectivity index (χ3n) is 0.882. The van der Waals surface area contributed by atoms with Crippen molar-refractivity contribution < 1.29 is 21.1 Å². The van der Waals surface area contributed by atoms with Crippen molar-refractivity contribution in [3.05, 3.63) is 12.7 Å². The van der Waals surface area contributed by atoms with E-state index in [1.54, 1.807) is 0 Å². The molecule has 0 N–H and O–H groups in total. The molecule has 0 aromatic carbocycles. The van der Waals surface area contributed by atoms with Crippen LogP contribution in [0, 0.1) is 7.43 Å². The van der Waals surface area contributed by atoms with Gasteiger partial charge >= 0.3 is 21.1 Å². The maximum atomic E-state index is 4.08. The fourth-order valence-electron chi connectivity index (χ4n) is 0.559. The van der Waals surface area contributed by atoms with Crippen LogP contribution in [0.1, 0.15) is 12.8 Å². The number of rotatable bonds is 0. The van der Waals surface area contributed by atoms with E-state index in [4.69, 9.17) is 0 Å². The van der Waals surface area contributed by atoms with Crippen LogP contribution in [-0.2, 0) is 21.1 Å². The second-order valence-corrected chi connectivity index (χ2v) is 1.38. The van der Waals surface area contributed by atoms with Gasteiger partial charge in [0.15, 0.2) is 0 Å². The summed E-state index contributed by atoms with van der Waals surface area (Å²) in [7, 11) is 0. The first-order chi connectivity index (χ1) is 2.50. The molecule has 0 radical (unpaired) electrons. The summed E-state index contributed by atoms with van der Waals surface area (Å²) >= 11 is 0. The summed E-state index contributed by atoms with van der Waals surface area (Å²) in [4.78, 5) is 0. The Balaban J connectivity index is 0. The largest absolute Gasteiger partial charge is 2.00 e. The van der Waals surface area contributed by atoms with E-state index in [9.17, 15) is 0 Å². The Bertz CT molecular complexity index is 19.7. The minimum atomic E-state index is 0. The van der Waals surface area contributed by atoms with Gasteiger partial charge in [0, 0.05) is 0 Å². The van der Waals surface area contributed by atoms with E-state index in [0.717, 1.165) is 13.1 Å². The molecule has 0 bridgehead atoms. The van der Waals surface area contributed by atoms with Crippen LogP contribution in [0.5, 0.6) is 0 Å². The SMILES string of the molecule is C1CC[N-]C1.[CH3-].[W+2]. The van der Waals surface area contributed by atoms with E-state index in [2.05, 4.69) is 5.32 Å². The third-order valence-corrected chi connectivity index (χ3v) is 0.882. The summed E-state index contributed by atoms with van der Waals surface area (Å²) in [6.45, 7) is 2.25. The van der Waals surface area contributed by atoms with Gasteiger partial charge in [0.05, 0.1) is 0 Å². The van der Waals surface area contributed by atoms with Crippen LogP contribution < -0.4 is 0 Å². The van der Waals surface area contributed by atoms with Gasteiger partial charge < -0.3 is 12.7 Å². The van der Waals surface area contributed by atoms with E-state index >= 15 is 0 Å². The summed E-state index contributed by atoms with van der Waals surface area (Å²) in [5.41, 5.74) is 0. The van der Waals surface area contributed by atoms with Crippen molar-refractivity contribution in [1.29, 1.82) is 0 Å². The Hall–Kier alpha value is 0.648. The molecule has 0 amide bonds. The number of hydrogen-bond donors (Lipinski definition) is 0. The van der Waals surface area contributed by atoms with E-state index in [-0.39, 0.29) is 28.5 Å². The minimum absolute atomic E-state index is 0. The Kier molecular flexibility index (Phi) is 10.1. The Morgan fingerprint density at radius 2 is 1.43 bits per heavy atom. The van der Waals surface area contributed by atoms with Gasteiger partial charge in [0.2, 0.25) is 0 Å². The normalized spacial score (nSPS) is 17.1. The molecule has 0 spiro atoms. The third kappa shape index (κ3) is 4.50.